The van der Waals surface area contributed by atoms with E-state index in [1.54, 1.807) is 13.1 Å². The molecule has 0 saturated heterocycles. The first-order valence-corrected chi connectivity index (χ1v) is 4.77. The van der Waals surface area contributed by atoms with Crippen molar-refractivity contribution in [3.05, 3.63) is 48.3 Å². The van der Waals surface area contributed by atoms with Crippen molar-refractivity contribution in [2.45, 2.75) is 6.92 Å². The second kappa shape index (κ2) is 3.61. The van der Waals surface area contributed by atoms with Crippen molar-refractivity contribution < 1.29 is 0 Å². The zero-order valence-corrected chi connectivity index (χ0v) is 8.57. The van der Waals surface area contributed by atoms with E-state index in [1.807, 2.05) is 36.4 Å². The fraction of sp³-hybridized carbons (Fsp3) is 0.0833. The van der Waals surface area contributed by atoms with Gasteiger partial charge in [0.2, 0.25) is 0 Å². The summed E-state index contributed by atoms with van der Waals surface area (Å²) < 4.78 is 1.49. The Morgan fingerprint density at radius 3 is 2.47 bits per heavy atom. The van der Waals surface area contributed by atoms with Crippen molar-refractivity contribution in [1.82, 2.24) is 4.68 Å². The maximum Gasteiger partial charge on any atom is 0.0900 e. The highest BCUT2D eigenvalue weighted by Gasteiger charge is 2.10. The Labute approximate surface area is 88.6 Å². The number of rotatable bonds is 2. The molecule has 0 aliphatic rings. The van der Waals surface area contributed by atoms with Gasteiger partial charge in [-0.2, -0.15) is 0 Å². The molecule has 1 aromatic heterocycles. The van der Waals surface area contributed by atoms with Crippen LogP contribution in [0.5, 0.6) is 0 Å². The Balaban J connectivity index is 2.59. The lowest BCUT2D eigenvalue weighted by Crippen LogP contribution is -2.14. The van der Waals surface area contributed by atoms with E-state index < -0.39 is 0 Å². The first kappa shape index (κ1) is 9.52. The highest BCUT2D eigenvalue weighted by Crippen LogP contribution is 2.23. The monoisotopic (exact) mass is 199 g/mol. The topological polar surface area (TPSA) is 54.8 Å². The van der Waals surface area contributed by atoms with E-state index in [9.17, 15) is 0 Å². The average Bonchev–Trinajstić information content (AvgIpc) is 2.61. The van der Waals surface area contributed by atoms with E-state index in [-0.39, 0.29) is 0 Å². The van der Waals surface area contributed by atoms with Gasteiger partial charge in [-0.3, -0.25) is 4.68 Å². The molecule has 0 aliphatic heterocycles. The van der Waals surface area contributed by atoms with Gasteiger partial charge in [0, 0.05) is 11.8 Å². The Morgan fingerprint density at radius 1 is 1.20 bits per heavy atom. The molecule has 0 spiro atoms. The molecule has 0 unspecified atom stereocenters. The van der Waals surface area contributed by atoms with Gasteiger partial charge in [0.1, 0.15) is 0 Å². The van der Waals surface area contributed by atoms with Crippen molar-refractivity contribution in [2.24, 2.45) is 0 Å². The van der Waals surface area contributed by atoms with Gasteiger partial charge in [-0.1, -0.05) is 30.3 Å². The van der Waals surface area contributed by atoms with Crippen LogP contribution in [0.2, 0.25) is 0 Å². The van der Waals surface area contributed by atoms with E-state index in [1.165, 1.54) is 4.68 Å². The molecule has 0 aliphatic carbocycles. The van der Waals surface area contributed by atoms with E-state index in [2.05, 4.69) is 0 Å². The van der Waals surface area contributed by atoms with E-state index in [0.717, 1.165) is 16.8 Å². The SMILES string of the molecule is CC(=N)c1c(-c2ccccc2)ccn1N. The van der Waals surface area contributed by atoms with Gasteiger partial charge in [0.25, 0.3) is 0 Å². The largest absolute Gasteiger partial charge is 0.339 e. The quantitative estimate of drug-likeness (QED) is 0.565. The molecule has 1 heterocycles. The molecule has 2 aromatic rings. The van der Waals surface area contributed by atoms with Crippen molar-refractivity contribution >= 4 is 5.71 Å². The van der Waals surface area contributed by atoms with Crippen LogP contribution in [-0.2, 0) is 0 Å². The number of nitrogens with one attached hydrogen (secondary N) is 1. The summed E-state index contributed by atoms with van der Waals surface area (Å²) in [4.78, 5) is 0. The molecule has 15 heavy (non-hydrogen) atoms. The highest BCUT2D eigenvalue weighted by atomic mass is 15.3. The summed E-state index contributed by atoms with van der Waals surface area (Å²) in [6.45, 7) is 1.74. The first-order chi connectivity index (χ1) is 7.20. The van der Waals surface area contributed by atoms with Crippen LogP contribution in [0.15, 0.2) is 42.6 Å². The standard InChI is InChI=1S/C12H13N3/c1-9(13)12-11(7-8-15(12)14)10-5-3-2-4-6-10/h2-8,13H,14H2,1H3. The summed E-state index contributed by atoms with van der Waals surface area (Å²) in [5.41, 5.74) is 3.33. The number of aromatic nitrogens is 1. The molecule has 76 valence electrons. The second-order valence-electron chi connectivity index (χ2n) is 3.48. The van der Waals surface area contributed by atoms with Crippen molar-refractivity contribution in [2.75, 3.05) is 5.84 Å². The number of benzene rings is 1. The minimum Gasteiger partial charge on any atom is -0.339 e. The van der Waals surface area contributed by atoms with Crippen molar-refractivity contribution in [1.29, 1.82) is 5.41 Å². The lowest BCUT2D eigenvalue weighted by molar-refractivity contribution is 1.000. The van der Waals surface area contributed by atoms with Crippen LogP contribution < -0.4 is 5.84 Å². The predicted molar refractivity (Wildman–Crippen MR) is 62.5 cm³/mol. The van der Waals surface area contributed by atoms with Crippen molar-refractivity contribution in [3.8, 4) is 11.1 Å². The highest BCUT2D eigenvalue weighted by molar-refractivity contribution is 6.01. The van der Waals surface area contributed by atoms with E-state index >= 15 is 0 Å². The number of hydrogen-bond donors (Lipinski definition) is 2. The summed E-state index contributed by atoms with van der Waals surface area (Å²) in [6, 6.07) is 11.9. The van der Waals surface area contributed by atoms with Gasteiger partial charge < -0.3 is 11.3 Å². The number of hydrogen-bond acceptors (Lipinski definition) is 2. The lowest BCUT2D eigenvalue weighted by atomic mass is 10.0. The number of nitrogens with zero attached hydrogens (tertiary/aromatic N) is 1. The molecule has 1 aromatic carbocycles. The van der Waals surface area contributed by atoms with Gasteiger partial charge >= 0.3 is 0 Å². The summed E-state index contributed by atoms with van der Waals surface area (Å²) in [5.74, 6) is 5.76. The van der Waals surface area contributed by atoms with Crippen LogP contribution in [0.25, 0.3) is 11.1 Å². The van der Waals surface area contributed by atoms with Gasteiger partial charge in [-0.15, -0.1) is 0 Å². The third-order valence-electron chi connectivity index (χ3n) is 2.36. The molecular formula is C12H13N3. The maximum absolute atomic E-state index is 7.68. The minimum absolute atomic E-state index is 0.473. The van der Waals surface area contributed by atoms with Crippen LogP contribution in [0.1, 0.15) is 12.6 Å². The Hall–Kier alpha value is -2.03. The Bertz CT molecular complexity index is 483. The molecule has 3 nitrogen and oxygen atoms in total. The van der Waals surface area contributed by atoms with Gasteiger partial charge in [0.15, 0.2) is 0 Å². The fourth-order valence-corrected chi connectivity index (χ4v) is 1.69. The van der Waals surface area contributed by atoms with E-state index in [4.69, 9.17) is 11.3 Å². The zero-order valence-electron chi connectivity index (χ0n) is 8.57. The molecule has 3 N–H and O–H groups in total. The van der Waals surface area contributed by atoms with Gasteiger partial charge in [0.05, 0.1) is 11.4 Å². The van der Waals surface area contributed by atoms with Gasteiger partial charge in [-0.05, 0) is 18.6 Å². The summed E-state index contributed by atoms with van der Waals surface area (Å²) in [5, 5.41) is 7.68. The molecule has 2 rings (SSSR count). The molecule has 3 heteroatoms. The average molecular weight is 199 g/mol. The smallest absolute Gasteiger partial charge is 0.0900 e. The lowest BCUT2D eigenvalue weighted by Gasteiger charge is -2.05. The molecule has 0 bridgehead atoms. The summed E-state index contributed by atoms with van der Waals surface area (Å²) >= 11 is 0. The van der Waals surface area contributed by atoms with Crippen LogP contribution in [0, 0.1) is 5.41 Å². The minimum atomic E-state index is 0.473. The maximum atomic E-state index is 7.68. The van der Waals surface area contributed by atoms with Crippen LogP contribution >= 0.6 is 0 Å². The van der Waals surface area contributed by atoms with Crippen LogP contribution in [-0.4, -0.2) is 10.4 Å². The molecule has 0 amide bonds. The normalized spacial score (nSPS) is 10.2. The first-order valence-electron chi connectivity index (χ1n) is 4.77. The van der Waals surface area contributed by atoms with Crippen molar-refractivity contribution in [3.63, 3.8) is 0 Å². The summed E-state index contributed by atoms with van der Waals surface area (Å²) in [6.07, 6.45) is 1.77. The molecule has 0 radical (unpaired) electrons. The molecular weight excluding hydrogens is 186 g/mol. The number of nitrogens with two attached hydrogens (primary N) is 1. The molecule has 0 atom stereocenters. The molecule has 0 fully saturated rings. The van der Waals surface area contributed by atoms with E-state index in [0.29, 0.717) is 5.71 Å². The number of nitrogen functional groups attached to an aromatic ring is 1. The fourth-order valence-electron chi connectivity index (χ4n) is 1.69. The third-order valence-corrected chi connectivity index (χ3v) is 2.36. The van der Waals surface area contributed by atoms with Crippen LogP contribution in [0.3, 0.4) is 0 Å². The summed E-state index contributed by atoms with van der Waals surface area (Å²) in [7, 11) is 0. The molecule has 0 saturated carbocycles. The van der Waals surface area contributed by atoms with Crippen LogP contribution in [0.4, 0.5) is 0 Å². The predicted octanol–water partition coefficient (Wildman–Crippen LogP) is 2.26. The zero-order chi connectivity index (χ0) is 10.8. The Kier molecular flexibility index (Phi) is 2.29. The Morgan fingerprint density at radius 2 is 1.87 bits per heavy atom. The third kappa shape index (κ3) is 1.64. The second-order valence-corrected chi connectivity index (χ2v) is 3.48. The van der Waals surface area contributed by atoms with Gasteiger partial charge in [-0.25, -0.2) is 0 Å².